The van der Waals surface area contributed by atoms with Crippen LogP contribution in [-0.2, 0) is 9.53 Å². The second-order valence-corrected chi connectivity index (χ2v) is 10.1. The topological polar surface area (TPSA) is 96.5 Å². The van der Waals surface area contributed by atoms with E-state index in [1.165, 1.54) is 25.5 Å². The summed E-state index contributed by atoms with van der Waals surface area (Å²) in [7, 11) is 1.34. The third kappa shape index (κ3) is 5.93. The first-order valence-electron chi connectivity index (χ1n) is 13.1. The van der Waals surface area contributed by atoms with Gasteiger partial charge in [-0.3, -0.25) is 4.79 Å². The van der Waals surface area contributed by atoms with Gasteiger partial charge in [-0.1, -0.05) is 55.7 Å². The van der Waals surface area contributed by atoms with Gasteiger partial charge < -0.3 is 20.7 Å². The molecule has 0 saturated heterocycles. The maximum absolute atomic E-state index is 13.5. The summed E-state index contributed by atoms with van der Waals surface area (Å²) in [4.78, 5) is 39.1. The van der Waals surface area contributed by atoms with E-state index >= 15 is 0 Å². The fourth-order valence-electron chi connectivity index (χ4n) is 5.25. The van der Waals surface area contributed by atoms with E-state index < -0.39 is 23.9 Å². The molecular weight excluding hydrogens is 466 g/mol. The zero-order valence-corrected chi connectivity index (χ0v) is 21.1. The lowest BCUT2D eigenvalue weighted by Crippen LogP contribution is -2.47. The molecule has 0 bridgehead atoms. The molecule has 7 nitrogen and oxygen atoms in total. The largest absolute Gasteiger partial charge is 0.467 e. The van der Waals surface area contributed by atoms with Crippen molar-refractivity contribution in [2.75, 3.05) is 17.7 Å². The molecule has 0 heterocycles. The fourth-order valence-corrected chi connectivity index (χ4v) is 5.25. The maximum atomic E-state index is 13.5. The lowest BCUT2D eigenvalue weighted by molar-refractivity contribution is -0.144. The molecule has 0 spiro atoms. The van der Waals surface area contributed by atoms with E-state index in [9.17, 15) is 14.4 Å². The molecular formula is C30H33N3O4. The molecule has 0 unspecified atom stereocenters. The van der Waals surface area contributed by atoms with Crippen molar-refractivity contribution in [2.45, 2.75) is 56.9 Å². The van der Waals surface area contributed by atoms with E-state index in [0.29, 0.717) is 22.9 Å². The minimum absolute atomic E-state index is 0.0314. The number of nitrogens with one attached hydrogen (secondary N) is 3. The third-order valence-corrected chi connectivity index (χ3v) is 7.46. The summed E-state index contributed by atoms with van der Waals surface area (Å²) in [6.07, 6.45) is 7.36. The highest BCUT2D eigenvalue weighted by Crippen LogP contribution is 2.40. The number of rotatable bonds is 7. The molecule has 37 heavy (non-hydrogen) atoms. The molecule has 0 aromatic heterocycles. The zero-order valence-electron chi connectivity index (χ0n) is 21.1. The maximum Gasteiger partial charge on any atom is 0.328 e. The predicted molar refractivity (Wildman–Crippen MR) is 145 cm³/mol. The van der Waals surface area contributed by atoms with Crippen LogP contribution in [0.5, 0.6) is 0 Å². The molecule has 3 aromatic carbocycles. The standard InChI is InChI=1S/C30H33N3O4/c1-37-29(35)27(21-7-3-2-4-8-21)33-28(34)25-17-22-9-5-6-10-23(22)18-26(25)32-30(36)31-24-15-13-20(14-16-24)19-11-12-19/h5-6,9-10,13-19,21,27H,2-4,7-8,11-12H2,1H3,(H,33,34)(H2,31,32,36)/t27-/m0/s1. The molecule has 7 heteroatoms. The average Bonchev–Trinajstić information content (AvgIpc) is 3.77. The second kappa shape index (κ2) is 11.0. The number of fused-ring (bicyclic) bond motifs is 1. The Morgan fingerprint density at radius 2 is 1.51 bits per heavy atom. The number of methoxy groups -OCH3 is 1. The number of benzene rings is 3. The molecule has 3 aromatic rings. The van der Waals surface area contributed by atoms with Crippen LogP contribution in [0.25, 0.3) is 10.8 Å². The lowest BCUT2D eigenvalue weighted by atomic mass is 9.83. The van der Waals surface area contributed by atoms with E-state index in [4.69, 9.17) is 4.74 Å². The highest BCUT2D eigenvalue weighted by atomic mass is 16.5. The molecule has 0 radical (unpaired) electrons. The van der Waals surface area contributed by atoms with Crippen LogP contribution in [0.1, 0.15) is 66.8 Å². The highest BCUT2D eigenvalue weighted by molar-refractivity contribution is 6.10. The van der Waals surface area contributed by atoms with Crippen molar-refractivity contribution < 1.29 is 19.1 Å². The van der Waals surface area contributed by atoms with Crippen LogP contribution in [0.3, 0.4) is 0 Å². The van der Waals surface area contributed by atoms with Crippen LogP contribution < -0.4 is 16.0 Å². The Morgan fingerprint density at radius 1 is 0.838 bits per heavy atom. The SMILES string of the molecule is COC(=O)[C@@H](NC(=O)c1cc2ccccc2cc1NC(=O)Nc1ccc(C2CC2)cc1)C1CCCCC1. The van der Waals surface area contributed by atoms with Gasteiger partial charge in [-0.25, -0.2) is 9.59 Å². The van der Waals surface area contributed by atoms with Gasteiger partial charge in [-0.15, -0.1) is 0 Å². The second-order valence-electron chi connectivity index (χ2n) is 10.1. The number of hydrogen-bond donors (Lipinski definition) is 3. The van der Waals surface area contributed by atoms with E-state index in [1.54, 1.807) is 12.1 Å². The van der Waals surface area contributed by atoms with Gasteiger partial charge >= 0.3 is 12.0 Å². The summed E-state index contributed by atoms with van der Waals surface area (Å²) < 4.78 is 5.03. The zero-order chi connectivity index (χ0) is 25.8. The number of ether oxygens (including phenoxy) is 1. The Labute approximate surface area is 217 Å². The molecule has 3 N–H and O–H groups in total. The summed E-state index contributed by atoms with van der Waals surface area (Å²) in [6.45, 7) is 0. The lowest BCUT2D eigenvalue weighted by Gasteiger charge is -2.29. The highest BCUT2D eigenvalue weighted by Gasteiger charge is 2.32. The van der Waals surface area contributed by atoms with Crippen molar-refractivity contribution in [3.63, 3.8) is 0 Å². The number of carbonyl (C=O) groups excluding carboxylic acids is 3. The van der Waals surface area contributed by atoms with Gasteiger partial charge in [0.25, 0.3) is 5.91 Å². The summed E-state index contributed by atoms with van der Waals surface area (Å²) in [5, 5.41) is 10.4. The molecule has 1 atom stereocenters. The van der Waals surface area contributed by atoms with E-state index in [-0.39, 0.29) is 5.92 Å². The molecule has 0 aliphatic heterocycles. The predicted octanol–water partition coefficient (Wildman–Crippen LogP) is 6.21. The van der Waals surface area contributed by atoms with Crippen molar-refractivity contribution in [1.82, 2.24) is 5.32 Å². The summed E-state index contributed by atoms with van der Waals surface area (Å²) in [5.41, 5.74) is 2.63. The summed E-state index contributed by atoms with van der Waals surface area (Å²) in [6, 6.07) is 17.9. The number of carbonyl (C=O) groups is 3. The quantitative estimate of drug-likeness (QED) is 0.337. The minimum Gasteiger partial charge on any atom is -0.467 e. The summed E-state index contributed by atoms with van der Waals surface area (Å²) >= 11 is 0. The molecule has 5 rings (SSSR count). The van der Waals surface area contributed by atoms with Gasteiger partial charge in [0.2, 0.25) is 0 Å². The van der Waals surface area contributed by atoms with E-state index in [1.807, 2.05) is 48.5 Å². The monoisotopic (exact) mass is 499 g/mol. The molecule has 192 valence electrons. The van der Waals surface area contributed by atoms with Crippen LogP contribution in [0.15, 0.2) is 60.7 Å². The van der Waals surface area contributed by atoms with Crippen LogP contribution in [0.4, 0.5) is 16.2 Å². The van der Waals surface area contributed by atoms with Crippen molar-refractivity contribution in [2.24, 2.45) is 5.92 Å². The normalized spacial score (nSPS) is 16.6. The first kappa shape index (κ1) is 24.8. The van der Waals surface area contributed by atoms with Gasteiger partial charge in [0.15, 0.2) is 0 Å². The Morgan fingerprint density at radius 3 is 2.16 bits per heavy atom. The molecule has 3 amide bonds. The smallest absolute Gasteiger partial charge is 0.328 e. The molecule has 2 aliphatic carbocycles. The Hall–Kier alpha value is -3.87. The van der Waals surface area contributed by atoms with Crippen molar-refractivity contribution in [3.8, 4) is 0 Å². The minimum atomic E-state index is -0.726. The number of hydrogen-bond acceptors (Lipinski definition) is 4. The summed E-state index contributed by atoms with van der Waals surface area (Å²) in [5.74, 6) is -0.188. The number of urea groups is 1. The van der Waals surface area contributed by atoms with Gasteiger partial charge in [-0.2, -0.15) is 0 Å². The number of esters is 1. The fraction of sp³-hybridized carbons (Fsp3) is 0.367. The first-order chi connectivity index (χ1) is 18.0. The van der Waals surface area contributed by atoms with Gasteiger partial charge in [0, 0.05) is 5.69 Å². The van der Waals surface area contributed by atoms with Crippen LogP contribution >= 0.6 is 0 Å². The molecule has 2 aliphatic rings. The van der Waals surface area contributed by atoms with Crippen molar-refractivity contribution in [3.05, 3.63) is 71.8 Å². The number of amides is 3. The van der Waals surface area contributed by atoms with Crippen molar-refractivity contribution in [1.29, 1.82) is 0 Å². The van der Waals surface area contributed by atoms with E-state index in [2.05, 4.69) is 16.0 Å². The Balaban J connectivity index is 1.37. The van der Waals surface area contributed by atoms with Crippen LogP contribution in [-0.4, -0.2) is 31.1 Å². The first-order valence-corrected chi connectivity index (χ1v) is 13.1. The number of anilines is 2. The van der Waals surface area contributed by atoms with Crippen molar-refractivity contribution >= 4 is 40.1 Å². The molecule has 2 saturated carbocycles. The average molecular weight is 500 g/mol. The van der Waals surface area contributed by atoms with Gasteiger partial charge in [0.1, 0.15) is 6.04 Å². The van der Waals surface area contributed by atoms with Crippen LogP contribution in [0.2, 0.25) is 0 Å². The van der Waals surface area contributed by atoms with Gasteiger partial charge in [-0.05, 0) is 78.1 Å². The van der Waals surface area contributed by atoms with Crippen LogP contribution in [0, 0.1) is 5.92 Å². The third-order valence-electron chi connectivity index (χ3n) is 7.46. The molecule has 2 fully saturated rings. The Kier molecular flexibility index (Phi) is 7.40. The Bertz CT molecular complexity index is 1290. The van der Waals surface area contributed by atoms with E-state index in [0.717, 1.165) is 42.9 Å². The van der Waals surface area contributed by atoms with Gasteiger partial charge in [0.05, 0.1) is 18.4 Å².